The van der Waals surface area contributed by atoms with Gasteiger partial charge in [0.15, 0.2) is 0 Å². The van der Waals surface area contributed by atoms with E-state index >= 15 is 0 Å². The summed E-state index contributed by atoms with van der Waals surface area (Å²) in [7, 11) is 0. The molecule has 1 rings (SSSR count). The molecule has 1 aliphatic rings. The van der Waals surface area contributed by atoms with Gasteiger partial charge >= 0.3 is 5.97 Å². The second-order valence-corrected chi connectivity index (χ2v) is 4.80. The normalized spacial score (nSPS) is 19.9. The first-order valence-electron chi connectivity index (χ1n) is 6.10. The molecule has 0 spiro atoms. The second kappa shape index (κ2) is 6.11. The lowest BCUT2D eigenvalue weighted by molar-refractivity contribution is -0.142. The number of carbonyl (C=O) groups is 1. The van der Waals surface area contributed by atoms with Gasteiger partial charge in [-0.1, -0.05) is 39.0 Å². The van der Waals surface area contributed by atoms with Crippen LogP contribution in [0.3, 0.4) is 0 Å². The molecule has 2 atom stereocenters. The lowest BCUT2D eigenvalue weighted by Gasteiger charge is -2.18. The van der Waals surface area contributed by atoms with Crippen LogP contribution in [0.15, 0.2) is 0 Å². The highest BCUT2D eigenvalue weighted by Crippen LogP contribution is 2.36. The average molecular weight is 213 g/mol. The lowest BCUT2D eigenvalue weighted by Crippen LogP contribution is -2.25. The van der Waals surface area contributed by atoms with Gasteiger partial charge in [0.2, 0.25) is 0 Å². The molecule has 0 aromatic rings. The number of carboxylic acid groups (broad SMARTS) is 1. The van der Waals surface area contributed by atoms with Crippen LogP contribution in [0, 0.1) is 17.8 Å². The molecule has 0 bridgehead atoms. The number of aliphatic carboxylic acids is 1. The Hall–Kier alpha value is -0.570. The molecule has 0 aromatic heterocycles. The Morgan fingerprint density at radius 2 is 2.20 bits per heavy atom. The van der Waals surface area contributed by atoms with E-state index in [1.165, 1.54) is 25.7 Å². The molecule has 0 saturated heterocycles. The van der Waals surface area contributed by atoms with Crippen LogP contribution in [0.2, 0.25) is 0 Å². The van der Waals surface area contributed by atoms with E-state index in [1.54, 1.807) is 0 Å². The Morgan fingerprint density at radius 3 is 2.60 bits per heavy atom. The van der Waals surface area contributed by atoms with Gasteiger partial charge in [0, 0.05) is 6.54 Å². The van der Waals surface area contributed by atoms with E-state index in [1.807, 2.05) is 0 Å². The molecule has 0 aromatic carbocycles. The predicted octanol–water partition coefficient (Wildman–Crippen LogP) is 2.25. The fourth-order valence-electron chi connectivity index (χ4n) is 2.07. The first-order chi connectivity index (χ1) is 7.17. The van der Waals surface area contributed by atoms with E-state index in [0.717, 1.165) is 18.8 Å². The second-order valence-electron chi connectivity index (χ2n) is 4.80. The van der Waals surface area contributed by atoms with Gasteiger partial charge in [0.1, 0.15) is 0 Å². The highest BCUT2D eigenvalue weighted by atomic mass is 16.4. The maximum absolute atomic E-state index is 10.9. The Labute approximate surface area is 92.0 Å². The first kappa shape index (κ1) is 12.5. The van der Waals surface area contributed by atoms with Crippen LogP contribution in [0.25, 0.3) is 0 Å². The smallest absolute Gasteiger partial charge is 0.307 e. The number of nitrogens with two attached hydrogens (primary N) is 1. The van der Waals surface area contributed by atoms with Gasteiger partial charge in [-0.05, 0) is 18.3 Å². The molecule has 0 radical (unpaired) electrons. The van der Waals surface area contributed by atoms with Gasteiger partial charge < -0.3 is 10.8 Å². The third-order valence-corrected chi connectivity index (χ3v) is 3.51. The molecule has 0 heterocycles. The van der Waals surface area contributed by atoms with Crippen molar-refractivity contribution in [2.45, 2.75) is 45.4 Å². The molecule has 1 aliphatic carbocycles. The average Bonchev–Trinajstić information content (AvgIpc) is 3.01. The van der Waals surface area contributed by atoms with E-state index in [4.69, 9.17) is 10.8 Å². The van der Waals surface area contributed by atoms with Crippen LogP contribution < -0.4 is 5.73 Å². The van der Waals surface area contributed by atoms with Crippen molar-refractivity contribution in [3.8, 4) is 0 Å². The van der Waals surface area contributed by atoms with E-state index < -0.39 is 5.97 Å². The van der Waals surface area contributed by atoms with Gasteiger partial charge in [0.25, 0.3) is 0 Å². The van der Waals surface area contributed by atoms with Crippen molar-refractivity contribution in [3.63, 3.8) is 0 Å². The highest BCUT2D eigenvalue weighted by molar-refractivity contribution is 5.70. The minimum absolute atomic E-state index is 0.273. The molecule has 3 heteroatoms. The predicted molar refractivity (Wildman–Crippen MR) is 60.5 cm³/mol. The molecule has 15 heavy (non-hydrogen) atoms. The topological polar surface area (TPSA) is 63.3 Å². The third-order valence-electron chi connectivity index (χ3n) is 3.51. The zero-order valence-electron chi connectivity index (χ0n) is 9.61. The lowest BCUT2D eigenvalue weighted by atomic mass is 9.88. The third kappa shape index (κ3) is 4.65. The van der Waals surface area contributed by atoms with Crippen molar-refractivity contribution in [3.05, 3.63) is 0 Å². The van der Waals surface area contributed by atoms with Gasteiger partial charge in [-0.3, -0.25) is 4.79 Å². The van der Waals surface area contributed by atoms with Crippen LogP contribution in [0.5, 0.6) is 0 Å². The molecule has 0 aliphatic heterocycles. The maximum atomic E-state index is 10.9. The Bertz CT molecular complexity index is 202. The summed E-state index contributed by atoms with van der Waals surface area (Å²) in [5, 5.41) is 8.93. The summed E-state index contributed by atoms with van der Waals surface area (Å²) in [4.78, 5) is 10.9. The molecular formula is C12H23NO2. The van der Waals surface area contributed by atoms with Crippen LogP contribution in [0.1, 0.15) is 45.4 Å². The number of hydrogen-bond acceptors (Lipinski definition) is 2. The Morgan fingerprint density at radius 1 is 1.53 bits per heavy atom. The van der Waals surface area contributed by atoms with E-state index in [9.17, 15) is 4.79 Å². The summed E-state index contributed by atoms with van der Waals surface area (Å²) in [5.74, 6) is 0.423. The van der Waals surface area contributed by atoms with Crippen molar-refractivity contribution in [2.75, 3.05) is 6.54 Å². The maximum Gasteiger partial charge on any atom is 0.307 e. The largest absolute Gasteiger partial charge is 0.481 e. The van der Waals surface area contributed by atoms with Gasteiger partial charge in [-0.2, -0.15) is 0 Å². The number of rotatable bonds is 8. The fourth-order valence-corrected chi connectivity index (χ4v) is 2.07. The van der Waals surface area contributed by atoms with Crippen molar-refractivity contribution >= 4 is 5.97 Å². The van der Waals surface area contributed by atoms with E-state index in [2.05, 4.69) is 6.92 Å². The first-order valence-corrected chi connectivity index (χ1v) is 6.10. The highest BCUT2D eigenvalue weighted by Gasteiger charge is 2.24. The molecule has 3 nitrogen and oxygen atoms in total. The standard InChI is InChI=1S/C12H23NO2/c1-2-9(3-4-10-5-6-10)7-11(8-13)12(14)15/h9-11H,2-8,13H2,1H3,(H,14,15)/t9-,11+/m0/s1. The fraction of sp³-hybridized carbons (Fsp3) is 0.917. The Balaban J connectivity index is 2.25. The van der Waals surface area contributed by atoms with Gasteiger partial charge in [-0.15, -0.1) is 0 Å². The summed E-state index contributed by atoms with van der Waals surface area (Å²) < 4.78 is 0. The number of hydrogen-bond donors (Lipinski definition) is 2. The minimum atomic E-state index is -0.734. The molecular weight excluding hydrogens is 190 g/mol. The summed E-state index contributed by atoms with van der Waals surface area (Å²) in [6.45, 7) is 2.42. The van der Waals surface area contributed by atoms with E-state index in [0.29, 0.717) is 5.92 Å². The van der Waals surface area contributed by atoms with Crippen molar-refractivity contribution in [1.29, 1.82) is 0 Å². The molecule has 0 unspecified atom stereocenters. The molecule has 3 N–H and O–H groups in total. The SMILES string of the molecule is CC[C@@H](CCC1CC1)C[C@H](CN)C(=O)O. The molecule has 88 valence electrons. The quantitative estimate of drug-likeness (QED) is 0.650. The zero-order valence-corrected chi connectivity index (χ0v) is 9.61. The van der Waals surface area contributed by atoms with Crippen LogP contribution in [0.4, 0.5) is 0 Å². The Kier molecular flexibility index (Phi) is 5.09. The van der Waals surface area contributed by atoms with Crippen molar-refractivity contribution in [1.82, 2.24) is 0 Å². The molecule has 1 saturated carbocycles. The summed E-state index contributed by atoms with van der Waals surface area (Å²) in [6.07, 6.45) is 7.08. The van der Waals surface area contributed by atoms with Gasteiger partial charge in [0.05, 0.1) is 5.92 Å². The van der Waals surface area contributed by atoms with Crippen molar-refractivity contribution < 1.29 is 9.90 Å². The summed E-state index contributed by atoms with van der Waals surface area (Å²) >= 11 is 0. The monoisotopic (exact) mass is 213 g/mol. The summed E-state index contributed by atoms with van der Waals surface area (Å²) in [6, 6.07) is 0. The minimum Gasteiger partial charge on any atom is -0.481 e. The molecule has 1 fully saturated rings. The summed E-state index contributed by atoms with van der Waals surface area (Å²) in [5.41, 5.74) is 5.46. The van der Waals surface area contributed by atoms with Crippen LogP contribution in [-0.4, -0.2) is 17.6 Å². The molecule has 0 amide bonds. The van der Waals surface area contributed by atoms with E-state index in [-0.39, 0.29) is 12.5 Å². The van der Waals surface area contributed by atoms with Crippen LogP contribution >= 0.6 is 0 Å². The zero-order chi connectivity index (χ0) is 11.3. The number of carboxylic acids is 1. The van der Waals surface area contributed by atoms with Crippen molar-refractivity contribution in [2.24, 2.45) is 23.5 Å². The van der Waals surface area contributed by atoms with Crippen LogP contribution in [-0.2, 0) is 4.79 Å². The van der Waals surface area contributed by atoms with Gasteiger partial charge in [-0.25, -0.2) is 0 Å².